The summed E-state index contributed by atoms with van der Waals surface area (Å²) in [5, 5.41) is 8.63. The Balaban J connectivity index is 3.95. The Morgan fingerprint density at radius 2 is 1.79 bits per heavy atom. The van der Waals surface area contributed by atoms with Crippen LogP contribution >= 0.6 is 0 Å². The number of nitriles is 1. The van der Waals surface area contributed by atoms with Gasteiger partial charge in [0.2, 0.25) is 0 Å². The van der Waals surface area contributed by atoms with Gasteiger partial charge in [0.15, 0.2) is 0 Å². The molecule has 0 spiro atoms. The Morgan fingerprint density at radius 1 is 1.29 bits per heavy atom. The van der Waals surface area contributed by atoms with E-state index >= 15 is 0 Å². The summed E-state index contributed by atoms with van der Waals surface area (Å²) in [7, 11) is 0. The highest BCUT2D eigenvalue weighted by Crippen LogP contribution is 2.06. The summed E-state index contributed by atoms with van der Waals surface area (Å²) in [6, 6.07) is 1.98. The fourth-order valence-electron chi connectivity index (χ4n) is 0.539. The lowest BCUT2D eigenvalue weighted by molar-refractivity contribution is 0.0482. The van der Waals surface area contributed by atoms with Gasteiger partial charge in [-0.25, -0.2) is 10.2 Å². The summed E-state index contributed by atoms with van der Waals surface area (Å²) in [6.45, 7) is 8.58. The van der Waals surface area contributed by atoms with Gasteiger partial charge < -0.3 is 4.74 Å². The molecule has 0 rings (SSSR count). The number of nitrogens with one attached hydrogen (secondary N) is 2. The fraction of sp³-hybridized carbons (Fsp3) is 0.778. The van der Waals surface area contributed by atoms with Crippen molar-refractivity contribution in [1.82, 2.24) is 10.9 Å². The van der Waals surface area contributed by atoms with Crippen molar-refractivity contribution < 1.29 is 9.53 Å². The summed E-state index contributed by atoms with van der Waals surface area (Å²) in [4.78, 5) is 11.1. The molecule has 0 radical (unpaired) electrons. The molecule has 0 fully saturated rings. The van der Waals surface area contributed by atoms with Crippen LogP contribution in [0.1, 0.15) is 34.6 Å². The molecular formula is C9H17N3O2. The van der Waals surface area contributed by atoms with Crippen molar-refractivity contribution in [3.8, 4) is 6.07 Å². The minimum absolute atomic E-state index is 0.539. The van der Waals surface area contributed by atoms with E-state index in [2.05, 4.69) is 10.9 Å². The Bertz CT molecular complexity index is 248. The maximum atomic E-state index is 11.1. The van der Waals surface area contributed by atoms with Gasteiger partial charge in [0, 0.05) is 0 Å². The van der Waals surface area contributed by atoms with Crippen LogP contribution in [0.25, 0.3) is 0 Å². The summed E-state index contributed by atoms with van der Waals surface area (Å²) in [6.07, 6.45) is -0.596. The normalized spacial score (nSPS) is 11.7. The standard InChI is InChI=1S/C9H17N3O2/c1-8(2,3)14-7(13)11-12-9(4,5)6-10/h12H,1-5H3,(H,11,13). The van der Waals surface area contributed by atoms with Crippen molar-refractivity contribution in [1.29, 1.82) is 5.26 Å². The first-order chi connectivity index (χ1) is 6.16. The van der Waals surface area contributed by atoms with Crippen molar-refractivity contribution in [3.63, 3.8) is 0 Å². The predicted octanol–water partition coefficient (Wildman–Crippen LogP) is 1.32. The molecule has 14 heavy (non-hydrogen) atoms. The van der Waals surface area contributed by atoms with Gasteiger partial charge in [-0.1, -0.05) is 0 Å². The number of hydrogen-bond acceptors (Lipinski definition) is 4. The van der Waals surface area contributed by atoms with Gasteiger partial charge in [-0.05, 0) is 34.6 Å². The molecule has 0 unspecified atom stereocenters. The van der Waals surface area contributed by atoms with Gasteiger partial charge in [-0.15, -0.1) is 0 Å². The van der Waals surface area contributed by atoms with Gasteiger partial charge in [0.05, 0.1) is 6.07 Å². The van der Waals surface area contributed by atoms with Crippen LogP contribution in [0.15, 0.2) is 0 Å². The SMILES string of the molecule is CC(C)(C#N)NNC(=O)OC(C)(C)C. The minimum atomic E-state index is -0.809. The fourth-order valence-corrected chi connectivity index (χ4v) is 0.539. The van der Waals surface area contributed by atoms with Crippen LogP contribution in [0.2, 0.25) is 0 Å². The number of amides is 1. The lowest BCUT2D eigenvalue weighted by atomic mass is 10.1. The summed E-state index contributed by atoms with van der Waals surface area (Å²) in [5.74, 6) is 0. The minimum Gasteiger partial charge on any atom is -0.443 e. The average molecular weight is 199 g/mol. The molecule has 1 amide bonds. The van der Waals surface area contributed by atoms with Crippen LogP contribution in [0.3, 0.4) is 0 Å². The second-order valence-corrected chi connectivity index (χ2v) is 4.49. The number of hydrogen-bond donors (Lipinski definition) is 2. The van der Waals surface area contributed by atoms with Crippen LogP contribution in [0.5, 0.6) is 0 Å². The van der Waals surface area contributed by atoms with Crippen molar-refractivity contribution in [2.24, 2.45) is 0 Å². The van der Waals surface area contributed by atoms with E-state index in [4.69, 9.17) is 10.00 Å². The van der Waals surface area contributed by atoms with Crippen molar-refractivity contribution in [2.75, 3.05) is 0 Å². The largest absolute Gasteiger partial charge is 0.443 e. The van der Waals surface area contributed by atoms with Gasteiger partial charge >= 0.3 is 6.09 Å². The molecule has 0 aliphatic rings. The Morgan fingerprint density at radius 3 is 2.14 bits per heavy atom. The van der Waals surface area contributed by atoms with Gasteiger partial charge in [-0.2, -0.15) is 5.26 Å². The number of rotatable bonds is 2. The zero-order valence-corrected chi connectivity index (χ0v) is 9.26. The van der Waals surface area contributed by atoms with Crippen molar-refractivity contribution in [3.05, 3.63) is 0 Å². The molecule has 0 aliphatic carbocycles. The smallest absolute Gasteiger partial charge is 0.422 e. The maximum Gasteiger partial charge on any atom is 0.422 e. The third-order valence-corrected chi connectivity index (χ3v) is 1.16. The number of nitrogens with zero attached hydrogens (tertiary/aromatic N) is 1. The molecule has 5 heteroatoms. The summed E-state index contributed by atoms with van der Waals surface area (Å²) >= 11 is 0. The van der Waals surface area contributed by atoms with E-state index in [1.807, 2.05) is 6.07 Å². The zero-order chi connectivity index (χ0) is 11.4. The molecule has 0 aromatic rings. The summed E-state index contributed by atoms with van der Waals surface area (Å²) < 4.78 is 4.96. The van der Waals surface area contributed by atoms with Crippen LogP contribution < -0.4 is 10.9 Å². The monoisotopic (exact) mass is 199 g/mol. The van der Waals surface area contributed by atoms with Gasteiger partial charge in [-0.3, -0.25) is 5.43 Å². The first-order valence-electron chi connectivity index (χ1n) is 4.34. The van der Waals surface area contributed by atoms with E-state index in [1.54, 1.807) is 34.6 Å². The van der Waals surface area contributed by atoms with E-state index in [-0.39, 0.29) is 0 Å². The highest BCUT2D eigenvalue weighted by atomic mass is 16.6. The molecule has 5 nitrogen and oxygen atoms in total. The average Bonchev–Trinajstić information content (AvgIpc) is 1.98. The number of ether oxygens (including phenoxy) is 1. The molecule has 0 bridgehead atoms. The first kappa shape index (κ1) is 12.7. The molecule has 0 aromatic carbocycles. The molecule has 0 saturated carbocycles. The van der Waals surface area contributed by atoms with E-state index in [0.717, 1.165) is 0 Å². The molecule has 0 aromatic heterocycles. The lowest BCUT2D eigenvalue weighted by Crippen LogP contribution is -2.51. The highest BCUT2D eigenvalue weighted by Gasteiger charge is 2.20. The molecular weight excluding hydrogens is 182 g/mol. The Labute approximate surface area is 84.4 Å². The van der Waals surface area contributed by atoms with E-state index in [9.17, 15) is 4.79 Å². The molecule has 2 N–H and O–H groups in total. The van der Waals surface area contributed by atoms with Gasteiger partial charge in [0.25, 0.3) is 0 Å². The third kappa shape index (κ3) is 6.26. The number of carbonyl (C=O) groups excluding carboxylic acids is 1. The van der Waals surface area contributed by atoms with Gasteiger partial charge in [0.1, 0.15) is 11.1 Å². The zero-order valence-electron chi connectivity index (χ0n) is 9.26. The number of hydrazine groups is 1. The second-order valence-electron chi connectivity index (χ2n) is 4.49. The second kappa shape index (κ2) is 4.29. The van der Waals surface area contributed by atoms with E-state index in [1.165, 1.54) is 0 Å². The van der Waals surface area contributed by atoms with Crippen molar-refractivity contribution >= 4 is 6.09 Å². The first-order valence-corrected chi connectivity index (χ1v) is 4.34. The van der Waals surface area contributed by atoms with E-state index < -0.39 is 17.2 Å². The van der Waals surface area contributed by atoms with Crippen LogP contribution in [0.4, 0.5) is 4.79 Å². The highest BCUT2D eigenvalue weighted by molar-refractivity contribution is 5.67. The lowest BCUT2D eigenvalue weighted by Gasteiger charge is -2.22. The molecule has 0 heterocycles. The number of carbonyl (C=O) groups is 1. The molecule has 0 aliphatic heterocycles. The predicted molar refractivity (Wildman–Crippen MR) is 52.2 cm³/mol. The third-order valence-electron chi connectivity index (χ3n) is 1.16. The van der Waals surface area contributed by atoms with Crippen molar-refractivity contribution in [2.45, 2.75) is 45.8 Å². The van der Waals surface area contributed by atoms with Crippen LogP contribution in [-0.2, 0) is 4.74 Å². The van der Waals surface area contributed by atoms with E-state index in [0.29, 0.717) is 0 Å². The molecule has 0 saturated heterocycles. The molecule has 0 atom stereocenters. The Kier molecular flexibility index (Phi) is 3.90. The topological polar surface area (TPSA) is 74.2 Å². The quantitative estimate of drug-likeness (QED) is 0.658. The maximum absolute atomic E-state index is 11.1. The Hall–Kier alpha value is -1.28. The molecule has 80 valence electrons. The van der Waals surface area contributed by atoms with Crippen LogP contribution in [-0.4, -0.2) is 17.2 Å². The summed E-state index contributed by atoms with van der Waals surface area (Å²) in [5.41, 5.74) is 3.49. The van der Waals surface area contributed by atoms with Crippen LogP contribution in [0, 0.1) is 11.3 Å².